The van der Waals surface area contributed by atoms with Gasteiger partial charge < -0.3 is 9.64 Å². The molecule has 1 unspecified atom stereocenters. The molecule has 0 saturated heterocycles. The zero-order valence-corrected chi connectivity index (χ0v) is 11.1. The van der Waals surface area contributed by atoms with Crippen molar-refractivity contribution in [1.82, 2.24) is 4.90 Å². The van der Waals surface area contributed by atoms with E-state index in [4.69, 9.17) is 4.74 Å². The van der Waals surface area contributed by atoms with E-state index >= 15 is 0 Å². The molecule has 0 N–H and O–H groups in total. The summed E-state index contributed by atoms with van der Waals surface area (Å²) in [6, 6.07) is 0. The van der Waals surface area contributed by atoms with Gasteiger partial charge in [0.2, 0.25) is 0 Å². The third-order valence-electron chi connectivity index (χ3n) is 2.84. The number of hydrogen-bond acceptors (Lipinski definition) is 2. The molecule has 0 spiro atoms. The Morgan fingerprint density at radius 3 is 2.33 bits per heavy atom. The Bertz CT molecular complexity index is 126. The van der Waals surface area contributed by atoms with Crippen molar-refractivity contribution in [3.05, 3.63) is 0 Å². The molecular weight excluding hydrogens is 186 g/mol. The molecule has 0 aromatic rings. The highest BCUT2D eigenvalue weighted by molar-refractivity contribution is 4.55. The van der Waals surface area contributed by atoms with Crippen LogP contribution in [0.3, 0.4) is 0 Å². The Labute approximate surface area is 96.0 Å². The number of nitrogens with zero attached hydrogens (tertiary/aromatic N) is 1. The summed E-state index contributed by atoms with van der Waals surface area (Å²) in [7, 11) is 4.21. The van der Waals surface area contributed by atoms with Crippen LogP contribution in [0.5, 0.6) is 0 Å². The Kier molecular flexibility index (Phi) is 10.4. The maximum absolute atomic E-state index is 5.64. The molecule has 0 rings (SSSR count). The number of hydrogen-bond donors (Lipinski definition) is 0. The average Bonchev–Trinajstić information content (AvgIpc) is 2.21. The second kappa shape index (κ2) is 10.4. The molecule has 0 aliphatic carbocycles. The molecule has 0 aromatic heterocycles. The van der Waals surface area contributed by atoms with Crippen LogP contribution in [0.15, 0.2) is 0 Å². The average molecular weight is 215 g/mol. The van der Waals surface area contributed by atoms with Gasteiger partial charge in [0.1, 0.15) is 0 Å². The lowest BCUT2D eigenvalue weighted by molar-refractivity contribution is 0.111. The fraction of sp³-hybridized carbons (Fsp3) is 1.00. The standard InChI is InChI=1S/C13H29NO/c1-5-8-13(6-2)9-12-15-11-7-10-14(3)4/h13H,5-12H2,1-4H3. The van der Waals surface area contributed by atoms with Gasteiger partial charge in [0, 0.05) is 13.2 Å². The molecule has 0 aliphatic rings. The molecule has 2 nitrogen and oxygen atoms in total. The van der Waals surface area contributed by atoms with Crippen LogP contribution in [0.4, 0.5) is 0 Å². The first kappa shape index (κ1) is 14.9. The normalized spacial score (nSPS) is 13.4. The molecule has 92 valence electrons. The van der Waals surface area contributed by atoms with Crippen molar-refractivity contribution in [3.63, 3.8) is 0 Å². The van der Waals surface area contributed by atoms with E-state index in [1.54, 1.807) is 0 Å². The van der Waals surface area contributed by atoms with Gasteiger partial charge in [0.25, 0.3) is 0 Å². The summed E-state index contributed by atoms with van der Waals surface area (Å²) < 4.78 is 5.64. The lowest BCUT2D eigenvalue weighted by atomic mass is 9.98. The molecule has 0 heterocycles. The van der Waals surface area contributed by atoms with Crippen LogP contribution in [0.1, 0.15) is 46.0 Å². The second-order valence-electron chi connectivity index (χ2n) is 4.62. The molecule has 0 aliphatic heterocycles. The lowest BCUT2D eigenvalue weighted by Crippen LogP contribution is -2.15. The minimum absolute atomic E-state index is 0.879. The Hall–Kier alpha value is -0.0800. The fourth-order valence-electron chi connectivity index (χ4n) is 1.80. The topological polar surface area (TPSA) is 12.5 Å². The van der Waals surface area contributed by atoms with Gasteiger partial charge in [-0.25, -0.2) is 0 Å². The summed E-state index contributed by atoms with van der Waals surface area (Å²) in [5.74, 6) is 0.879. The van der Waals surface area contributed by atoms with Crippen molar-refractivity contribution in [2.24, 2.45) is 5.92 Å². The van der Waals surface area contributed by atoms with E-state index in [0.29, 0.717) is 0 Å². The van der Waals surface area contributed by atoms with E-state index in [2.05, 4.69) is 32.8 Å². The van der Waals surface area contributed by atoms with Crippen molar-refractivity contribution in [1.29, 1.82) is 0 Å². The summed E-state index contributed by atoms with van der Waals surface area (Å²) >= 11 is 0. The predicted molar refractivity (Wildman–Crippen MR) is 67.3 cm³/mol. The van der Waals surface area contributed by atoms with Gasteiger partial charge in [0.05, 0.1) is 0 Å². The van der Waals surface area contributed by atoms with Crippen molar-refractivity contribution in [3.8, 4) is 0 Å². The lowest BCUT2D eigenvalue weighted by Gasteiger charge is -2.14. The van der Waals surface area contributed by atoms with Gasteiger partial charge >= 0.3 is 0 Å². The highest BCUT2D eigenvalue weighted by Gasteiger charge is 2.04. The van der Waals surface area contributed by atoms with Crippen LogP contribution in [0.25, 0.3) is 0 Å². The van der Waals surface area contributed by atoms with Crippen molar-refractivity contribution in [2.45, 2.75) is 46.0 Å². The largest absolute Gasteiger partial charge is 0.381 e. The summed E-state index contributed by atoms with van der Waals surface area (Å²) in [6.45, 7) is 7.55. The van der Waals surface area contributed by atoms with Crippen LogP contribution < -0.4 is 0 Å². The third kappa shape index (κ3) is 10.2. The molecule has 0 aromatic carbocycles. The maximum Gasteiger partial charge on any atom is 0.0478 e. The van der Waals surface area contributed by atoms with E-state index in [-0.39, 0.29) is 0 Å². The molecule has 0 radical (unpaired) electrons. The van der Waals surface area contributed by atoms with Gasteiger partial charge in [-0.1, -0.05) is 33.1 Å². The monoisotopic (exact) mass is 215 g/mol. The third-order valence-corrected chi connectivity index (χ3v) is 2.84. The number of rotatable bonds is 10. The van der Waals surface area contributed by atoms with E-state index in [1.165, 1.54) is 25.7 Å². The van der Waals surface area contributed by atoms with E-state index < -0.39 is 0 Å². The molecule has 0 amide bonds. The van der Waals surface area contributed by atoms with E-state index in [1.807, 2.05) is 0 Å². The number of ether oxygens (including phenoxy) is 1. The summed E-state index contributed by atoms with van der Waals surface area (Å²) in [5, 5.41) is 0. The predicted octanol–water partition coefficient (Wildman–Crippen LogP) is 3.17. The van der Waals surface area contributed by atoms with Crippen molar-refractivity contribution >= 4 is 0 Å². The quantitative estimate of drug-likeness (QED) is 0.519. The molecular formula is C13H29NO. The summed E-state index contributed by atoms with van der Waals surface area (Å²) in [6.07, 6.45) is 6.36. The molecule has 1 atom stereocenters. The zero-order valence-electron chi connectivity index (χ0n) is 11.1. The van der Waals surface area contributed by atoms with Crippen LogP contribution in [-0.2, 0) is 4.74 Å². The molecule has 15 heavy (non-hydrogen) atoms. The van der Waals surface area contributed by atoms with Gasteiger partial charge in [0.15, 0.2) is 0 Å². The SMILES string of the molecule is CCCC(CC)CCOCCCN(C)C. The summed E-state index contributed by atoms with van der Waals surface area (Å²) in [5.41, 5.74) is 0. The maximum atomic E-state index is 5.64. The van der Waals surface area contributed by atoms with Gasteiger partial charge in [-0.05, 0) is 39.4 Å². The molecule has 0 bridgehead atoms. The first-order valence-corrected chi connectivity index (χ1v) is 6.43. The minimum Gasteiger partial charge on any atom is -0.381 e. The zero-order chi connectivity index (χ0) is 11.5. The first-order chi connectivity index (χ1) is 7.20. The Morgan fingerprint density at radius 1 is 1.07 bits per heavy atom. The Balaban J connectivity index is 3.21. The molecule has 0 fully saturated rings. The highest BCUT2D eigenvalue weighted by atomic mass is 16.5. The van der Waals surface area contributed by atoms with Gasteiger partial charge in [-0.15, -0.1) is 0 Å². The van der Waals surface area contributed by atoms with Crippen molar-refractivity contribution in [2.75, 3.05) is 33.9 Å². The Morgan fingerprint density at radius 2 is 1.80 bits per heavy atom. The van der Waals surface area contributed by atoms with Crippen LogP contribution in [0, 0.1) is 5.92 Å². The van der Waals surface area contributed by atoms with Gasteiger partial charge in [-0.2, -0.15) is 0 Å². The smallest absolute Gasteiger partial charge is 0.0478 e. The fourth-order valence-corrected chi connectivity index (χ4v) is 1.80. The van der Waals surface area contributed by atoms with E-state index in [9.17, 15) is 0 Å². The molecule has 0 saturated carbocycles. The van der Waals surface area contributed by atoms with E-state index in [0.717, 1.165) is 32.1 Å². The first-order valence-electron chi connectivity index (χ1n) is 6.43. The highest BCUT2D eigenvalue weighted by Crippen LogP contribution is 2.14. The van der Waals surface area contributed by atoms with Crippen LogP contribution >= 0.6 is 0 Å². The molecule has 2 heteroatoms. The van der Waals surface area contributed by atoms with Gasteiger partial charge in [-0.3, -0.25) is 0 Å². The minimum atomic E-state index is 0.879. The van der Waals surface area contributed by atoms with Crippen LogP contribution in [-0.4, -0.2) is 38.8 Å². The summed E-state index contributed by atoms with van der Waals surface area (Å²) in [4.78, 5) is 2.20. The van der Waals surface area contributed by atoms with Crippen LogP contribution in [0.2, 0.25) is 0 Å². The van der Waals surface area contributed by atoms with Crippen molar-refractivity contribution < 1.29 is 4.74 Å². The second-order valence-corrected chi connectivity index (χ2v) is 4.62.